The zero-order valence-electron chi connectivity index (χ0n) is 18.5. The quantitative estimate of drug-likeness (QED) is 0.485. The number of imide groups is 1. The average molecular weight is 528 g/mol. The van der Waals surface area contributed by atoms with Crippen molar-refractivity contribution in [2.24, 2.45) is 5.92 Å². The van der Waals surface area contributed by atoms with Crippen molar-refractivity contribution in [3.8, 4) is 0 Å². The number of thiophene rings is 1. The van der Waals surface area contributed by atoms with Gasteiger partial charge in [-0.25, -0.2) is 4.90 Å². The Hall–Kier alpha value is -2.73. The van der Waals surface area contributed by atoms with Crippen molar-refractivity contribution in [3.63, 3.8) is 0 Å². The van der Waals surface area contributed by atoms with Gasteiger partial charge in [0.25, 0.3) is 0 Å². The molecule has 3 amide bonds. The Morgan fingerprint density at radius 1 is 1.00 bits per heavy atom. The van der Waals surface area contributed by atoms with Crippen LogP contribution in [0, 0.1) is 5.92 Å². The lowest BCUT2D eigenvalue weighted by Crippen LogP contribution is -2.43. The molecule has 0 radical (unpaired) electrons. The molecule has 5 heterocycles. The highest BCUT2D eigenvalue weighted by atomic mass is 32.2. The molecule has 0 bridgehead atoms. The fourth-order valence-electron chi connectivity index (χ4n) is 4.91. The van der Waals surface area contributed by atoms with Gasteiger partial charge in [0.2, 0.25) is 17.7 Å². The van der Waals surface area contributed by atoms with Gasteiger partial charge in [-0.15, -0.1) is 11.3 Å². The molecular weight excluding hydrogens is 506 g/mol. The molecule has 2 aromatic heterocycles. The predicted octanol–water partition coefficient (Wildman–Crippen LogP) is 2.63. The van der Waals surface area contributed by atoms with E-state index < -0.39 is 17.1 Å². The minimum atomic E-state index is -0.666. The number of thiazole rings is 1. The van der Waals surface area contributed by atoms with E-state index >= 15 is 0 Å². The maximum Gasteiger partial charge on any atom is 0.308 e. The summed E-state index contributed by atoms with van der Waals surface area (Å²) in [5.74, 6) is -1.70. The van der Waals surface area contributed by atoms with Gasteiger partial charge in [-0.1, -0.05) is 47.4 Å². The summed E-state index contributed by atoms with van der Waals surface area (Å²) in [6, 6.07) is 12.8. The first kappa shape index (κ1) is 22.7. The number of thioether (sulfide) groups is 1. The molecule has 2 saturated heterocycles. The van der Waals surface area contributed by atoms with Crippen LogP contribution in [0.3, 0.4) is 0 Å². The van der Waals surface area contributed by atoms with Crippen molar-refractivity contribution in [3.05, 3.63) is 67.3 Å². The first-order valence-corrected chi connectivity index (χ1v) is 13.8. The second-order valence-corrected chi connectivity index (χ2v) is 11.6. The highest BCUT2D eigenvalue weighted by Crippen LogP contribution is 2.54. The summed E-state index contributed by atoms with van der Waals surface area (Å²) in [5.41, 5.74) is 0.547. The van der Waals surface area contributed by atoms with Crippen LogP contribution in [0.1, 0.15) is 15.7 Å². The van der Waals surface area contributed by atoms with Gasteiger partial charge in [0.15, 0.2) is 0 Å². The standard InChI is InChI=1S/C24H21N3O5S3/c28-16(25-8-10-32-11-9-25)13-26-23-20(35-24(26)31)17(15-7-4-12-33-15)18-19(34-23)22(30)27(21(18)29)14-5-2-1-3-6-14/h1-7,12,17-19H,8-11,13H2. The Morgan fingerprint density at radius 3 is 2.49 bits per heavy atom. The molecule has 35 heavy (non-hydrogen) atoms. The third-order valence-electron chi connectivity index (χ3n) is 6.57. The minimum Gasteiger partial charge on any atom is -0.378 e. The van der Waals surface area contributed by atoms with E-state index in [2.05, 4.69) is 0 Å². The van der Waals surface area contributed by atoms with E-state index in [1.54, 1.807) is 29.2 Å². The Bertz CT molecular complexity index is 1340. The number of para-hydroxylation sites is 1. The van der Waals surface area contributed by atoms with Gasteiger partial charge in [0.1, 0.15) is 11.8 Å². The third-order valence-corrected chi connectivity index (χ3v) is 10.1. The van der Waals surface area contributed by atoms with Gasteiger partial charge in [-0.3, -0.25) is 23.7 Å². The molecule has 1 aromatic carbocycles. The van der Waals surface area contributed by atoms with Crippen molar-refractivity contribution >= 4 is 57.8 Å². The molecule has 8 nitrogen and oxygen atoms in total. The molecule has 180 valence electrons. The van der Waals surface area contributed by atoms with E-state index in [4.69, 9.17) is 4.74 Å². The van der Waals surface area contributed by atoms with Crippen molar-refractivity contribution in [2.75, 3.05) is 31.2 Å². The van der Waals surface area contributed by atoms with E-state index in [0.29, 0.717) is 37.0 Å². The molecule has 0 aliphatic carbocycles. The number of nitrogens with zero attached hydrogens (tertiary/aromatic N) is 3. The molecule has 3 aromatic rings. The number of carbonyl (C=O) groups excluding carboxylic acids is 3. The number of anilines is 1. The second kappa shape index (κ2) is 9.05. The maximum atomic E-state index is 13.7. The van der Waals surface area contributed by atoms with Gasteiger partial charge in [-0.2, -0.15) is 0 Å². The number of benzene rings is 1. The second-order valence-electron chi connectivity index (χ2n) is 8.52. The molecule has 11 heteroatoms. The lowest BCUT2D eigenvalue weighted by atomic mass is 9.87. The summed E-state index contributed by atoms with van der Waals surface area (Å²) in [4.78, 5) is 57.8. The number of morpholine rings is 1. The molecule has 3 atom stereocenters. The number of aromatic nitrogens is 1. The first-order chi connectivity index (χ1) is 17.0. The lowest BCUT2D eigenvalue weighted by molar-refractivity contribution is -0.136. The highest BCUT2D eigenvalue weighted by molar-refractivity contribution is 8.00. The Kier molecular flexibility index (Phi) is 5.87. The van der Waals surface area contributed by atoms with Crippen LogP contribution in [0.4, 0.5) is 5.69 Å². The van der Waals surface area contributed by atoms with Crippen molar-refractivity contribution in [2.45, 2.75) is 22.7 Å². The number of hydrogen-bond donors (Lipinski definition) is 0. The summed E-state index contributed by atoms with van der Waals surface area (Å²) < 4.78 is 6.82. The number of carbonyl (C=O) groups is 3. The van der Waals surface area contributed by atoms with Crippen LogP contribution in [0.25, 0.3) is 0 Å². The summed E-state index contributed by atoms with van der Waals surface area (Å²) in [7, 11) is 0. The van der Waals surface area contributed by atoms with Crippen molar-refractivity contribution in [1.82, 2.24) is 9.47 Å². The van der Waals surface area contributed by atoms with Gasteiger partial charge in [-0.05, 0) is 23.6 Å². The van der Waals surface area contributed by atoms with Crippen LogP contribution in [0.5, 0.6) is 0 Å². The van der Waals surface area contributed by atoms with Gasteiger partial charge in [0.05, 0.1) is 29.8 Å². The van der Waals surface area contributed by atoms with Crippen LogP contribution in [0.15, 0.2) is 57.7 Å². The Labute approximate surface area is 213 Å². The molecule has 0 saturated carbocycles. The summed E-state index contributed by atoms with van der Waals surface area (Å²) in [6.45, 7) is 1.86. The highest BCUT2D eigenvalue weighted by Gasteiger charge is 2.57. The molecule has 0 N–H and O–H groups in total. The van der Waals surface area contributed by atoms with Gasteiger partial charge >= 0.3 is 4.87 Å². The van der Waals surface area contributed by atoms with Crippen LogP contribution in [0.2, 0.25) is 0 Å². The molecule has 3 unspecified atom stereocenters. The fraction of sp³-hybridized carbons (Fsp3) is 0.333. The number of ether oxygens (including phenoxy) is 1. The smallest absolute Gasteiger partial charge is 0.308 e. The number of fused-ring (bicyclic) bond motifs is 2. The third kappa shape index (κ3) is 3.77. The average Bonchev–Trinajstić information content (AvgIpc) is 3.58. The van der Waals surface area contributed by atoms with E-state index in [1.807, 2.05) is 23.6 Å². The molecular formula is C24H21N3O5S3. The number of amides is 3. The number of rotatable bonds is 4. The fourth-order valence-corrected chi connectivity index (χ4v) is 8.63. The summed E-state index contributed by atoms with van der Waals surface area (Å²) in [6.07, 6.45) is 0. The van der Waals surface area contributed by atoms with Gasteiger partial charge in [0, 0.05) is 28.8 Å². The maximum absolute atomic E-state index is 13.7. The minimum absolute atomic E-state index is 0.0866. The Balaban J connectivity index is 1.41. The zero-order valence-corrected chi connectivity index (χ0v) is 20.9. The SMILES string of the molecule is O=C(Cn1c2c(sc1=O)C(c1cccs1)C1C(=O)N(c3ccccc3)C(=O)C1S2)N1CCOCC1. The summed E-state index contributed by atoms with van der Waals surface area (Å²) in [5, 5.41) is 1.89. The van der Waals surface area contributed by atoms with Crippen LogP contribution in [-0.2, 0) is 25.7 Å². The van der Waals surface area contributed by atoms with Crippen molar-refractivity contribution < 1.29 is 19.1 Å². The Morgan fingerprint density at radius 2 is 1.77 bits per heavy atom. The molecule has 2 fully saturated rings. The first-order valence-electron chi connectivity index (χ1n) is 11.3. The van der Waals surface area contributed by atoms with E-state index in [1.165, 1.54) is 32.6 Å². The zero-order chi connectivity index (χ0) is 24.1. The predicted molar refractivity (Wildman–Crippen MR) is 134 cm³/mol. The summed E-state index contributed by atoms with van der Waals surface area (Å²) >= 11 is 3.83. The van der Waals surface area contributed by atoms with Crippen LogP contribution < -0.4 is 9.77 Å². The largest absolute Gasteiger partial charge is 0.378 e. The monoisotopic (exact) mass is 527 g/mol. The normalized spacial score (nSPS) is 23.9. The molecule has 3 aliphatic heterocycles. The van der Waals surface area contributed by atoms with Crippen molar-refractivity contribution in [1.29, 1.82) is 0 Å². The van der Waals surface area contributed by atoms with E-state index in [0.717, 1.165) is 21.1 Å². The topological polar surface area (TPSA) is 88.9 Å². The van der Waals surface area contributed by atoms with Crippen LogP contribution >= 0.6 is 34.4 Å². The molecule has 6 rings (SSSR count). The van der Waals surface area contributed by atoms with Gasteiger partial charge < -0.3 is 9.64 Å². The number of hydrogen-bond acceptors (Lipinski definition) is 8. The van der Waals surface area contributed by atoms with E-state index in [-0.39, 0.29) is 29.1 Å². The van der Waals surface area contributed by atoms with Crippen LogP contribution in [-0.4, -0.2) is 58.7 Å². The molecule has 0 spiro atoms. The molecule has 3 aliphatic rings. The lowest BCUT2D eigenvalue weighted by Gasteiger charge is -2.30. The van der Waals surface area contributed by atoms with E-state index in [9.17, 15) is 19.2 Å².